The van der Waals surface area contributed by atoms with Crippen molar-refractivity contribution in [3.8, 4) is 0 Å². The van der Waals surface area contributed by atoms with Crippen LogP contribution >= 0.6 is 0 Å². The number of imidazole rings is 1. The van der Waals surface area contributed by atoms with Crippen molar-refractivity contribution >= 4 is 23.3 Å². The van der Waals surface area contributed by atoms with Gasteiger partial charge in [0.1, 0.15) is 5.82 Å². The second kappa shape index (κ2) is 6.92. The molecule has 2 aromatic heterocycles. The van der Waals surface area contributed by atoms with Crippen LogP contribution in [0.25, 0.3) is 11.2 Å². The summed E-state index contributed by atoms with van der Waals surface area (Å²) in [4.78, 5) is 28.7. The summed E-state index contributed by atoms with van der Waals surface area (Å²) in [5.41, 5.74) is 2.18. The Morgan fingerprint density at radius 2 is 2.00 bits per heavy atom. The van der Waals surface area contributed by atoms with Gasteiger partial charge in [-0.15, -0.1) is 0 Å². The fourth-order valence-electron chi connectivity index (χ4n) is 2.59. The van der Waals surface area contributed by atoms with E-state index in [4.69, 9.17) is 0 Å². The zero-order valence-electron chi connectivity index (χ0n) is 14.2. The Kier molecular flexibility index (Phi) is 4.67. The van der Waals surface area contributed by atoms with E-state index in [9.17, 15) is 19.1 Å². The number of aliphatic hydroxyl groups is 1. The lowest BCUT2D eigenvalue weighted by molar-refractivity contribution is 0.278. The minimum atomic E-state index is -0.532. The molecule has 3 aromatic rings. The maximum absolute atomic E-state index is 13.6. The Balaban J connectivity index is 2.08. The highest BCUT2D eigenvalue weighted by Crippen LogP contribution is 2.15. The molecule has 0 spiro atoms. The van der Waals surface area contributed by atoms with Gasteiger partial charge < -0.3 is 9.67 Å². The van der Waals surface area contributed by atoms with Crippen molar-refractivity contribution in [1.82, 2.24) is 18.7 Å². The quantitative estimate of drug-likeness (QED) is 0.492. The van der Waals surface area contributed by atoms with Crippen molar-refractivity contribution in [1.29, 1.82) is 0 Å². The molecule has 0 radical (unpaired) electrons. The molecule has 0 aliphatic carbocycles. The van der Waals surface area contributed by atoms with E-state index < -0.39 is 17.1 Å². The van der Waals surface area contributed by atoms with E-state index in [1.54, 1.807) is 18.2 Å². The number of rotatable bonds is 5. The number of benzene rings is 1. The molecule has 0 fully saturated rings. The van der Waals surface area contributed by atoms with Crippen LogP contribution in [0.15, 0.2) is 39.0 Å². The number of aromatic nitrogens is 4. The normalized spacial score (nSPS) is 11.5. The third kappa shape index (κ3) is 2.90. The number of fused-ring (bicyclic) bond motifs is 1. The average Bonchev–Trinajstić information content (AvgIpc) is 2.99. The Labute approximate surface area is 146 Å². The molecule has 0 aliphatic heterocycles. The summed E-state index contributed by atoms with van der Waals surface area (Å²) in [6.07, 6.45) is 1.27. The number of hydrogen-bond acceptors (Lipinski definition) is 6. The van der Waals surface area contributed by atoms with Gasteiger partial charge in [-0.3, -0.25) is 13.9 Å². The predicted molar refractivity (Wildman–Crippen MR) is 94.9 cm³/mol. The summed E-state index contributed by atoms with van der Waals surface area (Å²) < 4.78 is 17.2. The number of anilines is 1. The van der Waals surface area contributed by atoms with E-state index in [0.29, 0.717) is 0 Å². The minimum Gasteiger partial charge on any atom is -0.395 e. The van der Waals surface area contributed by atoms with Crippen LogP contribution in [0, 0.1) is 5.82 Å². The SMILES string of the molecule is Cn1c(=O)c2c(nc(N/N=C/c3ccccc3F)n2CCO)n(C)c1=O. The fraction of sp³-hybridized carbons (Fsp3) is 0.250. The van der Waals surface area contributed by atoms with Gasteiger partial charge in [-0.1, -0.05) is 18.2 Å². The average molecular weight is 360 g/mol. The van der Waals surface area contributed by atoms with Gasteiger partial charge in [-0.25, -0.2) is 14.6 Å². The van der Waals surface area contributed by atoms with Crippen LogP contribution in [0.3, 0.4) is 0 Å². The fourth-order valence-corrected chi connectivity index (χ4v) is 2.59. The van der Waals surface area contributed by atoms with Crippen LogP contribution in [0.4, 0.5) is 10.3 Å². The third-order valence-electron chi connectivity index (χ3n) is 3.94. The lowest BCUT2D eigenvalue weighted by Crippen LogP contribution is -2.37. The first kappa shape index (κ1) is 17.5. The zero-order valence-corrected chi connectivity index (χ0v) is 14.2. The first-order valence-corrected chi connectivity index (χ1v) is 7.76. The van der Waals surface area contributed by atoms with Gasteiger partial charge in [0.15, 0.2) is 11.2 Å². The molecule has 10 heteroatoms. The smallest absolute Gasteiger partial charge is 0.332 e. The van der Waals surface area contributed by atoms with Crippen molar-refractivity contribution in [3.05, 3.63) is 56.5 Å². The second-order valence-electron chi connectivity index (χ2n) is 5.58. The predicted octanol–water partition coefficient (Wildman–Crippen LogP) is 0.0111. The molecule has 0 atom stereocenters. The Hall–Kier alpha value is -3.27. The molecular formula is C16H17FN6O3. The Morgan fingerprint density at radius 3 is 2.69 bits per heavy atom. The zero-order chi connectivity index (χ0) is 18.8. The Morgan fingerprint density at radius 1 is 1.27 bits per heavy atom. The van der Waals surface area contributed by atoms with Crippen molar-refractivity contribution in [2.24, 2.45) is 19.2 Å². The van der Waals surface area contributed by atoms with E-state index >= 15 is 0 Å². The summed E-state index contributed by atoms with van der Waals surface area (Å²) >= 11 is 0. The van der Waals surface area contributed by atoms with E-state index in [1.165, 1.54) is 35.5 Å². The molecule has 1 aromatic carbocycles. The molecule has 26 heavy (non-hydrogen) atoms. The lowest BCUT2D eigenvalue weighted by Gasteiger charge is -2.07. The molecule has 2 N–H and O–H groups in total. The summed E-state index contributed by atoms with van der Waals surface area (Å²) in [6.45, 7) is -0.176. The maximum Gasteiger partial charge on any atom is 0.332 e. The second-order valence-corrected chi connectivity index (χ2v) is 5.58. The van der Waals surface area contributed by atoms with Crippen LogP contribution in [0.1, 0.15) is 5.56 Å². The molecule has 0 bridgehead atoms. The largest absolute Gasteiger partial charge is 0.395 e. The van der Waals surface area contributed by atoms with Crippen LogP contribution < -0.4 is 16.7 Å². The van der Waals surface area contributed by atoms with E-state index in [-0.39, 0.29) is 35.8 Å². The number of nitrogens with one attached hydrogen (secondary N) is 1. The van der Waals surface area contributed by atoms with Crippen LogP contribution in [0.5, 0.6) is 0 Å². The van der Waals surface area contributed by atoms with Gasteiger partial charge in [0.2, 0.25) is 5.95 Å². The molecule has 2 heterocycles. The molecule has 3 rings (SSSR count). The molecular weight excluding hydrogens is 343 g/mol. The number of halogens is 1. The highest BCUT2D eigenvalue weighted by Gasteiger charge is 2.18. The van der Waals surface area contributed by atoms with Crippen LogP contribution in [0.2, 0.25) is 0 Å². The van der Waals surface area contributed by atoms with Crippen molar-refractivity contribution < 1.29 is 9.50 Å². The van der Waals surface area contributed by atoms with Gasteiger partial charge in [0, 0.05) is 26.2 Å². The van der Waals surface area contributed by atoms with Crippen molar-refractivity contribution in [2.45, 2.75) is 6.54 Å². The van der Waals surface area contributed by atoms with Gasteiger partial charge in [0.25, 0.3) is 5.56 Å². The number of nitrogens with zero attached hydrogens (tertiary/aromatic N) is 5. The molecule has 0 aliphatic rings. The molecule has 136 valence electrons. The molecule has 9 nitrogen and oxygen atoms in total. The molecule has 0 unspecified atom stereocenters. The van der Waals surface area contributed by atoms with Gasteiger partial charge in [-0.2, -0.15) is 10.1 Å². The number of hydrogen-bond donors (Lipinski definition) is 2. The molecule has 0 saturated heterocycles. The van der Waals surface area contributed by atoms with Gasteiger partial charge in [0.05, 0.1) is 12.8 Å². The summed E-state index contributed by atoms with van der Waals surface area (Å²) in [7, 11) is 2.86. The first-order valence-electron chi connectivity index (χ1n) is 7.76. The highest BCUT2D eigenvalue weighted by molar-refractivity contribution is 5.80. The van der Waals surface area contributed by atoms with E-state index in [0.717, 1.165) is 4.57 Å². The van der Waals surface area contributed by atoms with Crippen molar-refractivity contribution in [3.63, 3.8) is 0 Å². The standard InChI is InChI=1S/C16H17FN6O3/c1-21-13-12(14(25)22(2)16(21)26)23(7-8-24)15(19-13)20-18-9-10-5-3-4-6-11(10)17/h3-6,9,24H,7-8H2,1-2H3,(H,19,20)/b18-9+. The van der Waals surface area contributed by atoms with Crippen LogP contribution in [-0.2, 0) is 20.6 Å². The number of hydrazone groups is 1. The summed E-state index contributed by atoms with van der Waals surface area (Å²) in [6, 6.07) is 6.10. The third-order valence-corrected chi connectivity index (χ3v) is 3.94. The summed E-state index contributed by atoms with van der Waals surface area (Å²) in [5.74, 6) is -0.280. The first-order chi connectivity index (χ1) is 12.5. The molecule has 0 saturated carbocycles. The number of aliphatic hydroxyl groups excluding tert-OH is 1. The monoisotopic (exact) mass is 360 g/mol. The van der Waals surface area contributed by atoms with Crippen LogP contribution in [-0.4, -0.2) is 36.6 Å². The van der Waals surface area contributed by atoms with Crippen molar-refractivity contribution in [2.75, 3.05) is 12.0 Å². The number of aryl methyl sites for hydroxylation is 1. The van der Waals surface area contributed by atoms with E-state index in [2.05, 4.69) is 15.5 Å². The topological polar surface area (TPSA) is 106 Å². The maximum atomic E-state index is 13.6. The van der Waals surface area contributed by atoms with Gasteiger partial charge in [-0.05, 0) is 6.07 Å². The lowest BCUT2D eigenvalue weighted by atomic mass is 10.2. The van der Waals surface area contributed by atoms with E-state index in [1.807, 2.05) is 0 Å². The summed E-state index contributed by atoms with van der Waals surface area (Å²) in [5, 5.41) is 13.2. The minimum absolute atomic E-state index is 0.0709. The molecule has 0 amide bonds. The highest BCUT2D eigenvalue weighted by atomic mass is 19.1. The Bertz CT molecular complexity index is 1110. The van der Waals surface area contributed by atoms with Gasteiger partial charge >= 0.3 is 5.69 Å².